The number of nitrogens with zero attached hydrogens (tertiary/aromatic N) is 1. The van der Waals surface area contributed by atoms with Gasteiger partial charge in [0.15, 0.2) is 0 Å². The first-order chi connectivity index (χ1) is 10.9. The summed E-state index contributed by atoms with van der Waals surface area (Å²) in [4.78, 5) is 2.59. The Kier molecular flexibility index (Phi) is 5.63. The largest absolute Gasteiger partial charge is 0.316 e. The van der Waals surface area contributed by atoms with Crippen LogP contribution in [0.1, 0.15) is 24.0 Å². The maximum atomic E-state index is 3.48. The summed E-state index contributed by atoms with van der Waals surface area (Å²) >= 11 is 0. The Labute approximate surface area is 134 Å². The molecule has 22 heavy (non-hydrogen) atoms. The molecule has 1 aliphatic rings. The average molecular weight is 294 g/mol. The summed E-state index contributed by atoms with van der Waals surface area (Å²) in [5, 5.41) is 3.48. The predicted octanol–water partition coefficient (Wildman–Crippen LogP) is 3.69. The van der Waals surface area contributed by atoms with Crippen LogP contribution in [0.5, 0.6) is 0 Å². The van der Waals surface area contributed by atoms with Crippen molar-refractivity contribution in [1.82, 2.24) is 10.2 Å². The summed E-state index contributed by atoms with van der Waals surface area (Å²) in [6, 6.07) is 21.7. The van der Waals surface area contributed by atoms with Crippen molar-refractivity contribution in [2.45, 2.75) is 25.9 Å². The quantitative estimate of drug-likeness (QED) is 0.838. The second kappa shape index (κ2) is 8.11. The minimum absolute atomic E-state index is 0.856. The van der Waals surface area contributed by atoms with Crippen LogP contribution in [-0.2, 0) is 13.1 Å². The normalized spacial score (nSPS) is 18.0. The zero-order chi connectivity index (χ0) is 15.0. The third-order valence-electron chi connectivity index (χ3n) is 4.51. The molecule has 116 valence electrons. The van der Waals surface area contributed by atoms with Crippen LogP contribution in [-0.4, -0.2) is 24.5 Å². The van der Waals surface area contributed by atoms with Gasteiger partial charge in [-0.1, -0.05) is 60.7 Å². The Morgan fingerprint density at radius 2 is 1.45 bits per heavy atom. The molecule has 0 radical (unpaired) electrons. The van der Waals surface area contributed by atoms with E-state index in [1.807, 2.05) is 0 Å². The zero-order valence-corrected chi connectivity index (χ0v) is 13.2. The zero-order valence-electron chi connectivity index (χ0n) is 13.2. The Hall–Kier alpha value is -1.64. The maximum Gasteiger partial charge on any atom is 0.0237 e. The van der Waals surface area contributed by atoms with Crippen molar-refractivity contribution in [3.05, 3.63) is 71.8 Å². The fourth-order valence-electron chi connectivity index (χ4n) is 3.22. The monoisotopic (exact) mass is 294 g/mol. The molecule has 2 heteroatoms. The molecule has 1 atom stereocenters. The van der Waals surface area contributed by atoms with Gasteiger partial charge in [0, 0.05) is 13.1 Å². The van der Waals surface area contributed by atoms with E-state index in [-0.39, 0.29) is 0 Å². The van der Waals surface area contributed by atoms with E-state index in [0.29, 0.717) is 0 Å². The van der Waals surface area contributed by atoms with Gasteiger partial charge >= 0.3 is 0 Å². The van der Waals surface area contributed by atoms with Gasteiger partial charge in [0.25, 0.3) is 0 Å². The van der Waals surface area contributed by atoms with Gasteiger partial charge in [-0.3, -0.25) is 4.90 Å². The van der Waals surface area contributed by atoms with Crippen molar-refractivity contribution in [3.63, 3.8) is 0 Å². The molecule has 2 aromatic carbocycles. The molecule has 0 bridgehead atoms. The SMILES string of the molecule is c1ccc(CN(CCC2CCNC2)Cc2ccccc2)cc1. The van der Waals surface area contributed by atoms with Crippen LogP contribution in [0.4, 0.5) is 0 Å². The van der Waals surface area contributed by atoms with Crippen molar-refractivity contribution in [3.8, 4) is 0 Å². The summed E-state index contributed by atoms with van der Waals surface area (Å²) in [5.74, 6) is 0.856. The molecule has 0 spiro atoms. The topological polar surface area (TPSA) is 15.3 Å². The third-order valence-corrected chi connectivity index (χ3v) is 4.51. The summed E-state index contributed by atoms with van der Waals surface area (Å²) in [7, 11) is 0. The maximum absolute atomic E-state index is 3.48. The second-order valence-corrected chi connectivity index (χ2v) is 6.33. The highest BCUT2D eigenvalue weighted by molar-refractivity contribution is 5.17. The van der Waals surface area contributed by atoms with E-state index >= 15 is 0 Å². The van der Waals surface area contributed by atoms with Gasteiger partial charge in [-0.05, 0) is 49.5 Å². The summed E-state index contributed by atoms with van der Waals surface area (Å²) < 4.78 is 0. The lowest BCUT2D eigenvalue weighted by Crippen LogP contribution is -2.26. The summed E-state index contributed by atoms with van der Waals surface area (Å²) in [6.45, 7) is 5.65. The van der Waals surface area contributed by atoms with E-state index in [1.165, 1.54) is 43.6 Å². The minimum Gasteiger partial charge on any atom is -0.316 e. The minimum atomic E-state index is 0.856. The van der Waals surface area contributed by atoms with Crippen molar-refractivity contribution in [1.29, 1.82) is 0 Å². The number of rotatable bonds is 7. The van der Waals surface area contributed by atoms with Gasteiger partial charge in [0.1, 0.15) is 0 Å². The predicted molar refractivity (Wildman–Crippen MR) is 92.6 cm³/mol. The van der Waals surface area contributed by atoms with E-state index in [9.17, 15) is 0 Å². The molecule has 2 nitrogen and oxygen atoms in total. The van der Waals surface area contributed by atoms with Crippen LogP contribution < -0.4 is 5.32 Å². The lowest BCUT2D eigenvalue weighted by Gasteiger charge is -2.24. The van der Waals surface area contributed by atoms with Gasteiger partial charge in [-0.2, -0.15) is 0 Å². The molecule has 0 amide bonds. The Balaban J connectivity index is 1.61. The third kappa shape index (κ3) is 4.69. The molecular weight excluding hydrogens is 268 g/mol. The molecule has 0 aromatic heterocycles. The fraction of sp³-hybridized carbons (Fsp3) is 0.400. The van der Waals surface area contributed by atoms with Crippen LogP contribution in [0.3, 0.4) is 0 Å². The molecule has 0 aliphatic carbocycles. The van der Waals surface area contributed by atoms with E-state index in [0.717, 1.165) is 19.0 Å². The highest BCUT2D eigenvalue weighted by Gasteiger charge is 2.16. The average Bonchev–Trinajstić information content (AvgIpc) is 3.08. The summed E-state index contributed by atoms with van der Waals surface area (Å²) in [5.41, 5.74) is 2.81. The lowest BCUT2D eigenvalue weighted by molar-refractivity contribution is 0.238. The van der Waals surface area contributed by atoms with Crippen LogP contribution >= 0.6 is 0 Å². The van der Waals surface area contributed by atoms with Crippen molar-refractivity contribution in [2.75, 3.05) is 19.6 Å². The first kappa shape index (κ1) is 15.3. The Morgan fingerprint density at radius 1 is 0.864 bits per heavy atom. The summed E-state index contributed by atoms with van der Waals surface area (Å²) in [6.07, 6.45) is 2.64. The van der Waals surface area contributed by atoms with Crippen LogP contribution in [0.2, 0.25) is 0 Å². The Morgan fingerprint density at radius 3 is 1.95 bits per heavy atom. The number of hydrogen-bond donors (Lipinski definition) is 1. The van der Waals surface area contributed by atoms with Gasteiger partial charge in [0.05, 0.1) is 0 Å². The molecule has 1 heterocycles. The first-order valence-electron chi connectivity index (χ1n) is 8.41. The molecular formula is C20H26N2. The van der Waals surface area contributed by atoms with Gasteiger partial charge in [-0.15, -0.1) is 0 Å². The first-order valence-corrected chi connectivity index (χ1v) is 8.41. The van der Waals surface area contributed by atoms with Gasteiger partial charge in [-0.25, -0.2) is 0 Å². The van der Waals surface area contributed by atoms with E-state index in [2.05, 4.69) is 70.9 Å². The van der Waals surface area contributed by atoms with E-state index in [1.54, 1.807) is 0 Å². The van der Waals surface area contributed by atoms with Crippen LogP contribution in [0.25, 0.3) is 0 Å². The number of nitrogens with one attached hydrogen (secondary N) is 1. The number of hydrogen-bond acceptors (Lipinski definition) is 2. The molecule has 3 rings (SSSR count). The number of benzene rings is 2. The van der Waals surface area contributed by atoms with Crippen molar-refractivity contribution >= 4 is 0 Å². The fourth-order valence-corrected chi connectivity index (χ4v) is 3.22. The van der Waals surface area contributed by atoms with Crippen molar-refractivity contribution < 1.29 is 0 Å². The smallest absolute Gasteiger partial charge is 0.0237 e. The molecule has 1 N–H and O–H groups in total. The molecule has 2 aromatic rings. The molecule has 1 saturated heterocycles. The molecule has 1 unspecified atom stereocenters. The van der Waals surface area contributed by atoms with Crippen molar-refractivity contribution in [2.24, 2.45) is 5.92 Å². The molecule has 1 fully saturated rings. The standard InChI is InChI=1S/C20H26N2/c1-3-7-19(8-4-1)16-22(14-12-18-11-13-21-15-18)17-20-9-5-2-6-10-20/h1-10,18,21H,11-17H2. The van der Waals surface area contributed by atoms with E-state index < -0.39 is 0 Å². The molecule has 1 aliphatic heterocycles. The van der Waals surface area contributed by atoms with Crippen LogP contribution in [0, 0.1) is 5.92 Å². The lowest BCUT2D eigenvalue weighted by atomic mass is 10.0. The second-order valence-electron chi connectivity index (χ2n) is 6.33. The van der Waals surface area contributed by atoms with Crippen LogP contribution in [0.15, 0.2) is 60.7 Å². The highest BCUT2D eigenvalue weighted by atomic mass is 15.1. The van der Waals surface area contributed by atoms with E-state index in [4.69, 9.17) is 0 Å². The van der Waals surface area contributed by atoms with Gasteiger partial charge < -0.3 is 5.32 Å². The highest BCUT2D eigenvalue weighted by Crippen LogP contribution is 2.16. The Bertz CT molecular complexity index is 491. The molecule has 0 saturated carbocycles. The van der Waals surface area contributed by atoms with Gasteiger partial charge in [0.2, 0.25) is 0 Å².